The molecule has 5 heteroatoms. The van der Waals surface area contributed by atoms with E-state index in [-0.39, 0.29) is 5.78 Å². The lowest BCUT2D eigenvalue weighted by Gasteiger charge is -2.08. The molecular weight excluding hydrogens is 442 g/mol. The van der Waals surface area contributed by atoms with Crippen LogP contribution in [0.25, 0.3) is 0 Å². The van der Waals surface area contributed by atoms with Gasteiger partial charge < -0.3 is 4.74 Å². The van der Waals surface area contributed by atoms with Crippen molar-refractivity contribution in [1.29, 1.82) is 0 Å². The maximum absolute atomic E-state index is 12.5. The number of hydrogen-bond donors (Lipinski definition) is 0. The molecule has 0 aliphatic carbocycles. The lowest BCUT2D eigenvalue weighted by atomic mass is 10.0. The Bertz CT molecular complexity index is 643. The molecule has 2 aromatic carbocycles. The number of halogens is 3. The zero-order chi connectivity index (χ0) is 14.0. The lowest BCUT2D eigenvalue weighted by Crippen LogP contribution is -2.04. The highest BCUT2D eigenvalue weighted by atomic mass is 127. The molecule has 2 nitrogen and oxygen atoms in total. The topological polar surface area (TPSA) is 26.3 Å². The molecule has 0 unspecified atom stereocenters. The minimum Gasteiger partial charge on any atom is -0.495 e. The first-order valence-corrected chi connectivity index (χ1v) is 7.61. The van der Waals surface area contributed by atoms with Crippen LogP contribution in [0.4, 0.5) is 0 Å². The van der Waals surface area contributed by atoms with Crippen molar-refractivity contribution in [1.82, 2.24) is 0 Å². The van der Waals surface area contributed by atoms with E-state index < -0.39 is 0 Å². The van der Waals surface area contributed by atoms with Crippen LogP contribution in [0.3, 0.4) is 0 Å². The van der Waals surface area contributed by atoms with Crippen LogP contribution in [0.5, 0.6) is 5.75 Å². The number of carbonyl (C=O) groups is 1. The second-order valence-corrected chi connectivity index (χ2v) is 6.29. The summed E-state index contributed by atoms with van der Waals surface area (Å²) in [5.41, 5.74) is 1.21. The van der Waals surface area contributed by atoms with Crippen LogP contribution in [0.15, 0.2) is 40.9 Å². The van der Waals surface area contributed by atoms with Crippen LogP contribution < -0.4 is 4.74 Å². The fourth-order valence-corrected chi connectivity index (χ4v) is 2.76. The van der Waals surface area contributed by atoms with E-state index in [1.807, 2.05) is 18.2 Å². The maximum Gasteiger partial charge on any atom is 0.194 e. The number of ketones is 1. The van der Waals surface area contributed by atoms with Gasteiger partial charge >= 0.3 is 0 Å². The van der Waals surface area contributed by atoms with Crippen LogP contribution >= 0.6 is 50.1 Å². The van der Waals surface area contributed by atoms with E-state index >= 15 is 0 Å². The molecule has 0 N–H and O–H groups in total. The van der Waals surface area contributed by atoms with Crippen LogP contribution in [0.1, 0.15) is 15.9 Å². The highest BCUT2D eigenvalue weighted by Crippen LogP contribution is 2.27. The van der Waals surface area contributed by atoms with Crippen molar-refractivity contribution in [2.24, 2.45) is 0 Å². The summed E-state index contributed by atoms with van der Waals surface area (Å²) in [6.45, 7) is 0. The van der Waals surface area contributed by atoms with Crippen LogP contribution in [-0.4, -0.2) is 12.9 Å². The van der Waals surface area contributed by atoms with Gasteiger partial charge in [0.1, 0.15) is 5.75 Å². The Balaban J connectivity index is 2.47. The normalized spacial score (nSPS) is 10.3. The minimum absolute atomic E-state index is 0.0549. The van der Waals surface area contributed by atoms with E-state index in [4.69, 9.17) is 16.3 Å². The number of hydrogen-bond acceptors (Lipinski definition) is 2. The van der Waals surface area contributed by atoms with Gasteiger partial charge in [-0.3, -0.25) is 4.79 Å². The first-order valence-electron chi connectivity index (χ1n) is 5.36. The molecule has 0 saturated carbocycles. The van der Waals surface area contributed by atoms with Gasteiger partial charge in [0, 0.05) is 19.2 Å². The zero-order valence-electron chi connectivity index (χ0n) is 9.91. The van der Waals surface area contributed by atoms with E-state index in [1.165, 1.54) is 7.11 Å². The average Bonchev–Trinajstić information content (AvgIpc) is 2.41. The highest BCUT2D eigenvalue weighted by Gasteiger charge is 2.14. The molecule has 0 aliphatic heterocycles. The molecule has 98 valence electrons. The molecule has 0 aliphatic rings. The van der Waals surface area contributed by atoms with Gasteiger partial charge in [0.2, 0.25) is 0 Å². The van der Waals surface area contributed by atoms with Crippen molar-refractivity contribution in [3.05, 3.63) is 60.6 Å². The quantitative estimate of drug-likeness (QED) is 0.488. The number of carbonyl (C=O) groups excluding carboxylic acids is 1. The molecule has 0 radical (unpaired) electrons. The number of rotatable bonds is 3. The summed E-state index contributed by atoms with van der Waals surface area (Å²) in [6, 6.07) is 10.6. The van der Waals surface area contributed by atoms with Crippen molar-refractivity contribution in [3.8, 4) is 5.75 Å². The molecule has 2 rings (SSSR count). The second-order valence-electron chi connectivity index (χ2n) is 3.80. The standard InChI is InChI=1S/C14H9BrClIO2/c1-19-13-6-8(2-4-11(13)16)14(18)10-7-9(15)3-5-12(10)17/h2-7H,1H3. The third-order valence-corrected chi connectivity index (χ3v) is 4.33. The van der Waals surface area contributed by atoms with Crippen molar-refractivity contribution in [2.45, 2.75) is 0 Å². The average molecular weight is 451 g/mol. The zero-order valence-corrected chi connectivity index (χ0v) is 14.4. The van der Waals surface area contributed by atoms with E-state index in [1.54, 1.807) is 18.2 Å². The van der Waals surface area contributed by atoms with Gasteiger partial charge in [-0.05, 0) is 59.0 Å². The Labute approximate surface area is 138 Å². The summed E-state index contributed by atoms with van der Waals surface area (Å²) >= 11 is 11.5. The maximum atomic E-state index is 12.5. The fourth-order valence-electron chi connectivity index (χ4n) is 1.63. The summed E-state index contributed by atoms with van der Waals surface area (Å²) in [5, 5.41) is 0.489. The smallest absolute Gasteiger partial charge is 0.194 e. The van der Waals surface area contributed by atoms with Gasteiger partial charge in [0.05, 0.1) is 12.1 Å². The lowest BCUT2D eigenvalue weighted by molar-refractivity contribution is 0.103. The van der Waals surface area contributed by atoms with Crippen molar-refractivity contribution < 1.29 is 9.53 Å². The van der Waals surface area contributed by atoms with E-state index in [0.29, 0.717) is 21.9 Å². The third-order valence-electron chi connectivity index (χ3n) is 2.59. The van der Waals surface area contributed by atoms with Crippen LogP contribution in [-0.2, 0) is 0 Å². The molecular formula is C14H9BrClIO2. The first-order chi connectivity index (χ1) is 9.02. The summed E-state index contributed by atoms with van der Waals surface area (Å²) < 4.78 is 6.91. The molecule has 19 heavy (non-hydrogen) atoms. The number of ether oxygens (including phenoxy) is 1. The Morgan fingerprint density at radius 2 is 2.00 bits per heavy atom. The number of methoxy groups -OCH3 is 1. The molecule has 0 amide bonds. The monoisotopic (exact) mass is 450 g/mol. The second kappa shape index (κ2) is 6.24. The Kier molecular flexibility index (Phi) is 4.86. The van der Waals surface area contributed by atoms with E-state index in [0.717, 1.165) is 8.04 Å². The molecule has 0 aromatic heterocycles. The predicted molar refractivity (Wildman–Crippen MR) is 88.3 cm³/mol. The predicted octanol–water partition coefficient (Wildman–Crippen LogP) is 4.95. The Morgan fingerprint density at radius 1 is 1.26 bits per heavy atom. The third kappa shape index (κ3) is 3.30. The van der Waals surface area contributed by atoms with Crippen LogP contribution in [0.2, 0.25) is 5.02 Å². The summed E-state index contributed by atoms with van der Waals surface area (Å²) in [4.78, 5) is 12.5. The molecule has 0 fully saturated rings. The minimum atomic E-state index is -0.0549. The van der Waals surface area contributed by atoms with Gasteiger partial charge in [-0.2, -0.15) is 0 Å². The SMILES string of the molecule is COc1cc(C(=O)c2cc(Br)ccc2I)ccc1Cl. The van der Waals surface area contributed by atoms with Gasteiger partial charge in [-0.25, -0.2) is 0 Å². The van der Waals surface area contributed by atoms with Crippen LogP contribution in [0, 0.1) is 3.57 Å². The Hall–Kier alpha value is -0.590. The molecule has 2 aromatic rings. The Morgan fingerprint density at radius 3 is 2.68 bits per heavy atom. The van der Waals surface area contributed by atoms with Gasteiger partial charge in [-0.1, -0.05) is 27.5 Å². The molecule has 0 saturated heterocycles. The van der Waals surface area contributed by atoms with Gasteiger partial charge in [0.25, 0.3) is 0 Å². The van der Waals surface area contributed by atoms with Crippen molar-refractivity contribution in [3.63, 3.8) is 0 Å². The largest absolute Gasteiger partial charge is 0.495 e. The first kappa shape index (κ1) is 14.8. The molecule has 0 spiro atoms. The molecule has 0 heterocycles. The number of benzene rings is 2. The molecule has 0 atom stereocenters. The summed E-state index contributed by atoms with van der Waals surface area (Å²) in [6.07, 6.45) is 0. The highest BCUT2D eigenvalue weighted by molar-refractivity contribution is 14.1. The van der Waals surface area contributed by atoms with Crippen molar-refractivity contribution in [2.75, 3.05) is 7.11 Å². The van der Waals surface area contributed by atoms with Gasteiger partial charge in [0.15, 0.2) is 5.78 Å². The summed E-state index contributed by atoms with van der Waals surface area (Å²) in [7, 11) is 1.53. The van der Waals surface area contributed by atoms with Crippen molar-refractivity contribution >= 4 is 55.9 Å². The summed E-state index contributed by atoms with van der Waals surface area (Å²) in [5.74, 6) is 0.443. The van der Waals surface area contributed by atoms with E-state index in [9.17, 15) is 4.79 Å². The van der Waals surface area contributed by atoms with Gasteiger partial charge in [-0.15, -0.1) is 0 Å². The molecule has 0 bridgehead atoms. The van der Waals surface area contributed by atoms with E-state index in [2.05, 4.69) is 38.5 Å². The fraction of sp³-hybridized carbons (Fsp3) is 0.0714.